The Morgan fingerprint density at radius 2 is 1.96 bits per heavy atom. The average molecular weight is 349 g/mol. The Kier molecular flexibility index (Phi) is 6.66. The number of carbonyl (C=O) groups is 3. The zero-order valence-corrected chi connectivity index (χ0v) is 14.6. The van der Waals surface area contributed by atoms with E-state index in [1.54, 1.807) is 4.90 Å². The maximum Gasteiger partial charge on any atom is 0.234 e. The number of anilines is 1. The molecule has 0 aromatic heterocycles. The monoisotopic (exact) mass is 349 g/mol. The number of hydrogen-bond acceptors (Lipinski definition) is 4. The number of rotatable bonds is 6. The first kappa shape index (κ1) is 18.3. The molecule has 0 radical (unpaired) electrons. The summed E-state index contributed by atoms with van der Waals surface area (Å²) in [5.41, 5.74) is 7.13. The lowest BCUT2D eigenvalue weighted by Gasteiger charge is -2.30. The molecule has 0 unspecified atom stereocenters. The van der Waals surface area contributed by atoms with Gasteiger partial charge in [0.05, 0.1) is 11.5 Å². The van der Waals surface area contributed by atoms with Gasteiger partial charge in [0.1, 0.15) is 0 Å². The van der Waals surface area contributed by atoms with Gasteiger partial charge in [0.25, 0.3) is 0 Å². The van der Waals surface area contributed by atoms with E-state index in [0.29, 0.717) is 25.9 Å². The molecule has 2 rings (SSSR count). The molecule has 0 spiro atoms. The highest BCUT2D eigenvalue weighted by molar-refractivity contribution is 8.00. The number of hydrogen-bond donors (Lipinski definition) is 2. The molecular formula is C17H23N3O3S. The second kappa shape index (κ2) is 8.73. The Hall–Kier alpha value is -2.02. The van der Waals surface area contributed by atoms with E-state index in [9.17, 15) is 14.4 Å². The summed E-state index contributed by atoms with van der Waals surface area (Å²) in [5.74, 6) is -0.0249. The van der Waals surface area contributed by atoms with E-state index in [4.69, 9.17) is 5.73 Å². The van der Waals surface area contributed by atoms with Crippen molar-refractivity contribution in [1.29, 1.82) is 0 Å². The van der Waals surface area contributed by atoms with Gasteiger partial charge in [-0.25, -0.2) is 0 Å². The van der Waals surface area contributed by atoms with E-state index >= 15 is 0 Å². The van der Waals surface area contributed by atoms with Gasteiger partial charge >= 0.3 is 0 Å². The van der Waals surface area contributed by atoms with Gasteiger partial charge in [-0.2, -0.15) is 0 Å². The van der Waals surface area contributed by atoms with Crippen LogP contribution < -0.4 is 11.1 Å². The van der Waals surface area contributed by atoms with Crippen LogP contribution in [0.5, 0.6) is 0 Å². The maximum atomic E-state index is 12.1. The molecule has 3 amide bonds. The number of nitrogens with zero attached hydrogens (tertiary/aromatic N) is 1. The Bertz CT molecular complexity index is 613. The molecule has 1 aromatic carbocycles. The fraction of sp³-hybridized carbons (Fsp3) is 0.471. The number of carbonyl (C=O) groups excluding carboxylic acids is 3. The Morgan fingerprint density at radius 3 is 2.58 bits per heavy atom. The Labute approximate surface area is 146 Å². The number of aryl methyl sites for hydroxylation is 1. The number of likely N-dealkylation sites (tertiary alicyclic amines) is 1. The third-order valence-corrected chi connectivity index (χ3v) is 4.93. The molecule has 1 aromatic rings. The van der Waals surface area contributed by atoms with Crippen molar-refractivity contribution in [3.63, 3.8) is 0 Å². The van der Waals surface area contributed by atoms with Crippen molar-refractivity contribution in [1.82, 2.24) is 4.90 Å². The lowest BCUT2D eigenvalue weighted by molar-refractivity contribution is -0.132. The zero-order chi connectivity index (χ0) is 17.5. The number of piperidine rings is 1. The minimum atomic E-state index is -0.288. The second-order valence-corrected chi connectivity index (χ2v) is 6.95. The summed E-state index contributed by atoms with van der Waals surface area (Å²) in [7, 11) is 0. The molecule has 1 aliphatic rings. The highest BCUT2D eigenvalue weighted by Crippen LogP contribution is 2.18. The van der Waals surface area contributed by atoms with Gasteiger partial charge in [-0.05, 0) is 37.5 Å². The minimum Gasteiger partial charge on any atom is -0.369 e. The number of nitrogens with one attached hydrogen (secondary N) is 1. The highest BCUT2D eigenvalue weighted by atomic mass is 32.2. The van der Waals surface area contributed by atoms with E-state index in [-0.39, 0.29) is 35.1 Å². The van der Waals surface area contributed by atoms with Crippen LogP contribution in [-0.4, -0.2) is 47.2 Å². The summed E-state index contributed by atoms with van der Waals surface area (Å²) in [6.07, 6.45) is 1.25. The van der Waals surface area contributed by atoms with Crippen molar-refractivity contribution >= 4 is 35.2 Å². The standard InChI is InChI=1S/C17H23N3O3S/c1-12-3-2-4-14(9-12)19-15(21)10-24-11-16(22)20-7-5-13(6-8-20)17(18)23/h2-4,9,13H,5-8,10-11H2,1H3,(H2,18,23)(H,19,21). The van der Waals surface area contributed by atoms with Gasteiger partial charge in [0.15, 0.2) is 0 Å². The summed E-state index contributed by atoms with van der Waals surface area (Å²) >= 11 is 1.30. The van der Waals surface area contributed by atoms with E-state index < -0.39 is 0 Å². The van der Waals surface area contributed by atoms with Crippen LogP contribution in [0.4, 0.5) is 5.69 Å². The topological polar surface area (TPSA) is 92.5 Å². The molecule has 0 bridgehead atoms. The van der Waals surface area contributed by atoms with Gasteiger partial charge < -0.3 is 16.0 Å². The molecule has 7 heteroatoms. The maximum absolute atomic E-state index is 12.1. The third-order valence-electron chi connectivity index (χ3n) is 4.01. The van der Waals surface area contributed by atoms with Crippen LogP contribution in [0.2, 0.25) is 0 Å². The summed E-state index contributed by atoms with van der Waals surface area (Å²) in [6, 6.07) is 7.59. The van der Waals surface area contributed by atoms with Crippen LogP contribution in [0.1, 0.15) is 18.4 Å². The number of thioether (sulfide) groups is 1. The van der Waals surface area contributed by atoms with Crippen LogP contribution in [0.15, 0.2) is 24.3 Å². The van der Waals surface area contributed by atoms with Crippen molar-refractivity contribution in [3.8, 4) is 0 Å². The number of amides is 3. The van der Waals surface area contributed by atoms with E-state index in [1.165, 1.54) is 11.8 Å². The fourth-order valence-corrected chi connectivity index (χ4v) is 3.37. The van der Waals surface area contributed by atoms with Gasteiger partial charge in [-0.3, -0.25) is 14.4 Å². The first-order chi connectivity index (χ1) is 11.5. The molecule has 0 atom stereocenters. The molecule has 1 saturated heterocycles. The van der Waals surface area contributed by atoms with E-state index in [1.807, 2.05) is 31.2 Å². The third kappa shape index (κ3) is 5.56. The summed E-state index contributed by atoms with van der Waals surface area (Å²) < 4.78 is 0. The lowest BCUT2D eigenvalue weighted by Crippen LogP contribution is -2.42. The quantitative estimate of drug-likeness (QED) is 0.812. The number of benzene rings is 1. The van der Waals surface area contributed by atoms with Gasteiger partial charge in [0.2, 0.25) is 17.7 Å². The molecule has 3 N–H and O–H groups in total. The normalized spacial score (nSPS) is 15.1. The fourth-order valence-electron chi connectivity index (χ4n) is 2.66. The molecule has 6 nitrogen and oxygen atoms in total. The van der Waals surface area contributed by atoms with Gasteiger partial charge in [-0.15, -0.1) is 11.8 Å². The summed E-state index contributed by atoms with van der Waals surface area (Å²) in [5, 5.41) is 2.82. The number of nitrogens with two attached hydrogens (primary N) is 1. The van der Waals surface area contributed by atoms with E-state index in [2.05, 4.69) is 5.32 Å². The summed E-state index contributed by atoms with van der Waals surface area (Å²) in [4.78, 5) is 36.9. The van der Waals surface area contributed by atoms with Crippen LogP contribution >= 0.6 is 11.8 Å². The highest BCUT2D eigenvalue weighted by Gasteiger charge is 2.25. The van der Waals surface area contributed by atoms with Crippen molar-refractivity contribution in [2.45, 2.75) is 19.8 Å². The molecule has 1 heterocycles. The van der Waals surface area contributed by atoms with Crippen molar-refractivity contribution in [3.05, 3.63) is 29.8 Å². The summed E-state index contributed by atoms with van der Waals surface area (Å²) in [6.45, 7) is 3.08. The van der Waals surface area contributed by atoms with E-state index in [0.717, 1.165) is 11.3 Å². The van der Waals surface area contributed by atoms with Crippen LogP contribution in [0.3, 0.4) is 0 Å². The van der Waals surface area contributed by atoms with Gasteiger partial charge in [-0.1, -0.05) is 12.1 Å². The zero-order valence-electron chi connectivity index (χ0n) is 13.8. The average Bonchev–Trinajstić information content (AvgIpc) is 2.54. The predicted molar refractivity (Wildman–Crippen MR) is 95.6 cm³/mol. The molecule has 1 fully saturated rings. The molecule has 1 aliphatic heterocycles. The van der Waals surface area contributed by atoms with Crippen LogP contribution in [-0.2, 0) is 14.4 Å². The first-order valence-electron chi connectivity index (χ1n) is 7.97. The van der Waals surface area contributed by atoms with Crippen molar-refractivity contribution in [2.24, 2.45) is 11.7 Å². The number of primary amides is 1. The van der Waals surface area contributed by atoms with Crippen molar-refractivity contribution in [2.75, 3.05) is 29.9 Å². The second-order valence-electron chi connectivity index (χ2n) is 5.97. The van der Waals surface area contributed by atoms with Crippen molar-refractivity contribution < 1.29 is 14.4 Å². The Balaban J connectivity index is 1.67. The van der Waals surface area contributed by atoms with Gasteiger partial charge in [0, 0.05) is 24.7 Å². The molecule has 130 valence electrons. The first-order valence-corrected chi connectivity index (χ1v) is 9.12. The molecular weight excluding hydrogens is 326 g/mol. The smallest absolute Gasteiger partial charge is 0.234 e. The SMILES string of the molecule is Cc1cccc(NC(=O)CSCC(=O)N2CCC(C(N)=O)CC2)c1. The predicted octanol–water partition coefficient (Wildman–Crippen LogP) is 1.39. The molecule has 0 aliphatic carbocycles. The molecule has 24 heavy (non-hydrogen) atoms. The molecule has 0 saturated carbocycles. The van der Waals surface area contributed by atoms with Crippen LogP contribution in [0, 0.1) is 12.8 Å². The Morgan fingerprint density at radius 1 is 1.25 bits per heavy atom. The van der Waals surface area contributed by atoms with Crippen LogP contribution in [0.25, 0.3) is 0 Å². The minimum absolute atomic E-state index is 0.00581. The largest absolute Gasteiger partial charge is 0.369 e. The lowest BCUT2D eigenvalue weighted by atomic mass is 9.96.